The van der Waals surface area contributed by atoms with E-state index in [1.165, 1.54) is 18.2 Å². The molecule has 0 spiro atoms. The van der Waals surface area contributed by atoms with Gasteiger partial charge in [-0.15, -0.1) is 0 Å². The lowest BCUT2D eigenvalue weighted by Crippen LogP contribution is -2.41. The molecule has 0 radical (unpaired) electrons. The smallest absolute Gasteiger partial charge is 0.258 e. The van der Waals surface area contributed by atoms with Crippen LogP contribution in [0.15, 0.2) is 23.1 Å². The maximum atomic E-state index is 12.5. The zero-order chi connectivity index (χ0) is 16.3. The molecule has 2 atom stereocenters. The third-order valence-corrected chi connectivity index (χ3v) is 5.90. The largest absolute Gasteiger partial charge is 0.272 e. The van der Waals surface area contributed by atoms with Crippen molar-refractivity contribution in [3.8, 4) is 0 Å². The second-order valence-electron chi connectivity index (χ2n) is 5.89. The number of rotatable bonds is 5. The van der Waals surface area contributed by atoms with Gasteiger partial charge in [-0.1, -0.05) is 26.2 Å². The third kappa shape index (κ3) is 3.64. The predicted molar refractivity (Wildman–Crippen MR) is 84.2 cm³/mol. The number of hydrogen-bond acceptors (Lipinski definition) is 4. The summed E-state index contributed by atoms with van der Waals surface area (Å²) in [6.45, 7) is 3.62. The fraction of sp³-hybridized carbons (Fsp3) is 0.600. The van der Waals surface area contributed by atoms with E-state index in [0.29, 0.717) is 11.5 Å². The number of aryl methyl sites for hydroxylation is 1. The highest BCUT2D eigenvalue weighted by atomic mass is 32.2. The minimum atomic E-state index is -3.64. The molecule has 1 saturated carbocycles. The van der Waals surface area contributed by atoms with Crippen LogP contribution in [0.5, 0.6) is 0 Å². The number of nitro groups is 1. The van der Waals surface area contributed by atoms with Crippen molar-refractivity contribution in [2.24, 2.45) is 5.92 Å². The molecule has 2 unspecified atom stereocenters. The molecule has 0 amide bonds. The Morgan fingerprint density at radius 1 is 1.32 bits per heavy atom. The van der Waals surface area contributed by atoms with Crippen LogP contribution in [0.2, 0.25) is 0 Å². The monoisotopic (exact) mass is 326 g/mol. The number of hydrogen-bond donors (Lipinski definition) is 1. The van der Waals surface area contributed by atoms with E-state index in [0.717, 1.165) is 32.1 Å². The average Bonchev–Trinajstić information content (AvgIpc) is 2.47. The lowest BCUT2D eigenvalue weighted by atomic mass is 9.83. The molecule has 0 saturated heterocycles. The van der Waals surface area contributed by atoms with Crippen LogP contribution in [0.1, 0.15) is 44.6 Å². The fourth-order valence-electron chi connectivity index (χ4n) is 3.12. The van der Waals surface area contributed by atoms with Gasteiger partial charge in [0.1, 0.15) is 0 Å². The number of sulfonamides is 1. The van der Waals surface area contributed by atoms with E-state index in [2.05, 4.69) is 11.6 Å². The molecule has 0 heterocycles. The SMILES string of the molecule is CCC1CCCCC1NS(=O)(=O)c1ccc([N+](=O)[O-])c(C)c1. The highest BCUT2D eigenvalue weighted by Crippen LogP contribution is 2.28. The molecular formula is C15H22N2O4S. The van der Waals surface area contributed by atoms with Crippen molar-refractivity contribution >= 4 is 15.7 Å². The van der Waals surface area contributed by atoms with Crippen LogP contribution in [0.25, 0.3) is 0 Å². The first-order chi connectivity index (χ1) is 10.3. The lowest BCUT2D eigenvalue weighted by Gasteiger charge is -2.31. The number of nitro benzene ring substituents is 1. The van der Waals surface area contributed by atoms with Crippen LogP contribution in [-0.4, -0.2) is 19.4 Å². The van der Waals surface area contributed by atoms with E-state index < -0.39 is 14.9 Å². The van der Waals surface area contributed by atoms with Gasteiger partial charge in [0, 0.05) is 17.7 Å². The summed E-state index contributed by atoms with van der Waals surface area (Å²) in [5.41, 5.74) is 0.284. The molecular weight excluding hydrogens is 304 g/mol. The van der Waals surface area contributed by atoms with E-state index >= 15 is 0 Å². The van der Waals surface area contributed by atoms with Crippen LogP contribution in [0.3, 0.4) is 0 Å². The van der Waals surface area contributed by atoms with Gasteiger partial charge in [-0.2, -0.15) is 0 Å². The number of benzene rings is 1. The van der Waals surface area contributed by atoms with Crippen molar-refractivity contribution in [3.63, 3.8) is 0 Å². The lowest BCUT2D eigenvalue weighted by molar-refractivity contribution is -0.385. The Bertz CT molecular complexity index is 658. The first-order valence-corrected chi connectivity index (χ1v) is 9.11. The zero-order valence-corrected chi connectivity index (χ0v) is 13.7. The van der Waals surface area contributed by atoms with Gasteiger partial charge in [-0.3, -0.25) is 10.1 Å². The van der Waals surface area contributed by atoms with E-state index in [1.54, 1.807) is 6.92 Å². The molecule has 0 aromatic heterocycles. The maximum absolute atomic E-state index is 12.5. The molecule has 0 bridgehead atoms. The normalized spacial score (nSPS) is 22.5. The molecule has 1 N–H and O–H groups in total. The Kier molecular flexibility index (Phi) is 5.18. The first-order valence-electron chi connectivity index (χ1n) is 7.62. The molecule has 0 aliphatic heterocycles. The van der Waals surface area contributed by atoms with E-state index in [4.69, 9.17) is 0 Å². The molecule has 1 aliphatic rings. The highest BCUT2D eigenvalue weighted by molar-refractivity contribution is 7.89. The van der Waals surface area contributed by atoms with Gasteiger partial charge < -0.3 is 0 Å². The summed E-state index contributed by atoms with van der Waals surface area (Å²) in [5.74, 6) is 0.364. The Morgan fingerprint density at radius 3 is 2.59 bits per heavy atom. The molecule has 1 aliphatic carbocycles. The summed E-state index contributed by atoms with van der Waals surface area (Å²) in [5, 5.41) is 10.8. The maximum Gasteiger partial charge on any atom is 0.272 e. The number of nitrogens with zero attached hydrogens (tertiary/aromatic N) is 1. The van der Waals surface area contributed by atoms with Crippen LogP contribution in [0.4, 0.5) is 5.69 Å². The molecule has 1 fully saturated rings. The van der Waals surface area contributed by atoms with Crippen LogP contribution >= 0.6 is 0 Å². The van der Waals surface area contributed by atoms with Gasteiger partial charge in [-0.25, -0.2) is 13.1 Å². The Balaban J connectivity index is 2.23. The van der Waals surface area contributed by atoms with Crippen molar-refractivity contribution in [1.82, 2.24) is 4.72 Å². The minimum Gasteiger partial charge on any atom is -0.258 e. The summed E-state index contributed by atoms with van der Waals surface area (Å²) in [6.07, 6.45) is 5.02. The second-order valence-corrected chi connectivity index (χ2v) is 7.60. The van der Waals surface area contributed by atoms with Crippen molar-refractivity contribution in [1.29, 1.82) is 0 Å². The summed E-state index contributed by atoms with van der Waals surface area (Å²) >= 11 is 0. The number of nitrogens with one attached hydrogen (secondary N) is 1. The van der Waals surface area contributed by atoms with Gasteiger partial charge in [0.25, 0.3) is 5.69 Å². The van der Waals surface area contributed by atoms with Gasteiger partial charge in [0.15, 0.2) is 0 Å². The fourth-order valence-corrected chi connectivity index (χ4v) is 4.54. The standard InChI is InChI=1S/C15H22N2O4S/c1-3-12-6-4-5-7-14(12)16-22(20,21)13-8-9-15(17(18)19)11(2)10-13/h8-10,12,14,16H,3-7H2,1-2H3. The van der Waals surface area contributed by atoms with Crippen molar-refractivity contribution < 1.29 is 13.3 Å². The minimum absolute atomic E-state index is 0.0424. The molecule has 1 aromatic carbocycles. The van der Waals surface area contributed by atoms with Crippen LogP contribution in [0, 0.1) is 23.0 Å². The van der Waals surface area contributed by atoms with Crippen LogP contribution in [-0.2, 0) is 10.0 Å². The molecule has 22 heavy (non-hydrogen) atoms. The average molecular weight is 326 g/mol. The van der Waals surface area contributed by atoms with E-state index in [-0.39, 0.29) is 16.6 Å². The Hall–Kier alpha value is -1.47. The third-order valence-electron chi connectivity index (χ3n) is 4.42. The molecule has 7 heteroatoms. The van der Waals surface area contributed by atoms with Crippen molar-refractivity contribution in [2.45, 2.75) is 56.9 Å². The summed E-state index contributed by atoms with van der Waals surface area (Å²) in [6, 6.07) is 3.88. The quantitative estimate of drug-likeness (QED) is 0.665. The van der Waals surface area contributed by atoms with E-state index in [9.17, 15) is 18.5 Å². The highest BCUT2D eigenvalue weighted by Gasteiger charge is 2.29. The Morgan fingerprint density at radius 2 is 2.00 bits per heavy atom. The van der Waals surface area contributed by atoms with Gasteiger partial charge >= 0.3 is 0 Å². The topological polar surface area (TPSA) is 89.3 Å². The van der Waals surface area contributed by atoms with Gasteiger partial charge in [-0.05, 0) is 37.8 Å². The molecule has 1 aromatic rings. The molecule has 2 rings (SSSR count). The Labute approximate surface area is 131 Å². The predicted octanol–water partition coefficient (Wildman–Crippen LogP) is 3.15. The van der Waals surface area contributed by atoms with E-state index in [1.807, 2.05) is 0 Å². The summed E-state index contributed by atoms with van der Waals surface area (Å²) in [7, 11) is -3.64. The summed E-state index contributed by atoms with van der Waals surface area (Å²) < 4.78 is 27.8. The van der Waals surface area contributed by atoms with Gasteiger partial charge in [0.05, 0.1) is 9.82 Å². The molecule has 122 valence electrons. The summed E-state index contributed by atoms with van der Waals surface area (Å²) in [4.78, 5) is 10.4. The second kappa shape index (κ2) is 6.75. The zero-order valence-electron chi connectivity index (χ0n) is 12.9. The van der Waals surface area contributed by atoms with Crippen LogP contribution < -0.4 is 4.72 Å². The first kappa shape index (κ1) is 16.9. The van der Waals surface area contributed by atoms with Crippen molar-refractivity contribution in [3.05, 3.63) is 33.9 Å². The van der Waals surface area contributed by atoms with Crippen molar-refractivity contribution in [2.75, 3.05) is 0 Å². The van der Waals surface area contributed by atoms with Gasteiger partial charge in [0.2, 0.25) is 10.0 Å². The molecule has 6 nitrogen and oxygen atoms in total.